The molecule has 2 unspecified atom stereocenters. The first-order valence-electron chi connectivity index (χ1n) is 11.9. The molecule has 2 aliphatic rings. The van der Waals surface area contributed by atoms with Crippen LogP contribution in [-0.4, -0.2) is 6.88 Å². The molecular formula is C29H38SiZr. The summed E-state index contributed by atoms with van der Waals surface area (Å²) in [4.78, 5) is 0. The summed E-state index contributed by atoms with van der Waals surface area (Å²) in [6.45, 7) is 14.3. The molecule has 0 spiro atoms. The van der Waals surface area contributed by atoms with E-state index in [-0.39, 0.29) is 0 Å². The molecule has 2 aromatic carbocycles. The van der Waals surface area contributed by atoms with E-state index in [0.717, 1.165) is 6.42 Å². The summed E-state index contributed by atoms with van der Waals surface area (Å²) < 4.78 is 7.81. The molecule has 0 heterocycles. The first-order valence-corrected chi connectivity index (χ1v) is 25.4. The van der Waals surface area contributed by atoms with Crippen LogP contribution >= 0.6 is 0 Å². The van der Waals surface area contributed by atoms with Gasteiger partial charge in [0.25, 0.3) is 0 Å². The molecule has 0 bridgehead atoms. The van der Waals surface area contributed by atoms with Gasteiger partial charge in [-0.1, -0.05) is 0 Å². The van der Waals surface area contributed by atoms with Gasteiger partial charge in [-0.15, -0.1) is 0 Å². The van der Waals surface area contributed by atoms with Crippen molar-refractivity contribution in [3.05, 3.63) is 96.9 Å². The van der Waals surface area contributed by atoms with Gasteiger partial charge in [-0.05, 0) is 0 Å². The number of benzene rings is 2. The third kappa shape index (κ3) is 3.59. The summed E-state index contributed by atoms with van der Waals surface area (Å²) in [6.07, 6.45) is 5.02. The van der Waals surface area contributed by atoms with E-state index < -0.39 is 17.4 Å². The van der Waals surface area contributed by atoms with Crippen molar-refractivity contribution in [3.63, 3.8) is 0 Å². The van der Waals surface area contributed by atoms with E-state index in [2.05, 4.69) is 105 Å². The van der Waals surface area contributed by atoms with Crippen LogP contribution in [0.5, 0.6) is 0 Å². The molecule has 2 aromatic rings. The molecule has 0 fully saturated rings. The molecule has 0 radical (unpaired) electrons. The summed E-state index contributed by atoms with van der Waals surface area (Å²) in [5.41, 5.74) is 12.2. The van der Waals surface area contributed by atoms with Crippen LogP contribution in [-0.2, 0) is 23.8 Å². The average molecular weight is 506 g/mol. The van der Waals surface area contributed by atoms with Crippen LogP contribution in [0.2, 0.25) is 9.26 Å². The molecular weight excluding hydrogens is 468 g/mol. The van der Waals surface area contributed by atoms with Gasteiger partial charge in [0.05, 0.1) is 0 Å². The second kappa shape index (κ2) is 7.96. The fourth-order valence-corrected chi connectivity index (χ4v) is 25.0. The van der Waals surface area contributed by atoms with Crippen LogP contribution in [0.3, 0.4) is 0 Å². The van der Waals surface area contributed by atoms with Crippen molar-refractivity contribution >= 4 is 12.5 Å². The minimum absolute atomic E-state index is 0.562. The molecule has 0 nitrogen and oxygen atoms in total. The normalized spacial score (nSPS) is 21.6. The van der Waals surface area contributed by atoms with Crippen LogP contribution in [0.15, 0.2) is 74.6 Å². The topological polar surface area (TPSA) is 0 Å². The monoisotopic (exact) mass is 504 g/mol. The summed E-state index contributed by atoms with van der Waals surface area (Å²) in [5.74, 6) is 0.593. The van der Waals surface area contributed by atoms with Gasteiger partial charge >= 0.3 is 193 Å². The van der Waals surface area contributed by atoms with E-state index in [0.29, 0.717) is 9.54 Å². The van der Waals surface area contributed by atoms with Crippen molar-refractivity contribution in [1.29, 1.82) is 0 Å². The van der Waals surface area contributed by atoms with Crippen molar-refractivity contribution < 1.29 is 17.4 Å². The standard InChI is InChI=1S/C18H17.C9H13.2CH3.H2Si.Zr/c1-2-7-14-8-3-5-10-16(14)18-13-12-15-9-4-6-11-17(15)18;1-6-5-7(2)9(4)8(6)3;;;;/h3-6,8-13H,2,7H2,1H3;6H,1-4H3;2*1H3;1H2;. The molecule has 31 heavy (non-hydrogen) atoms. The van der Waals surface area contributed by atoms with Crippen LogP contribution < -0.4 is 0 Å². The van der Waals surface area contributed by atoms with Crippen LogP contribution in [0.1, 0.15) is 66.9 Å². The number of hydrogen-bond donors (Lipinski definition) is 0. The molecule has 0 amide bonds. The Balaban J connectivity index is 1.94. The Kier molecular flexibility index (Phi) is 5.89. The van der Waals surface area contributed by atoms with E-state index in [4.69, 9.17) is 0 Å². The predicted octanol–water partition coefficient (Wildman–Crippen LogP) is 7.72. The third-order valence-electron chi connectivity index (χ3n) is 8.27. The first-order chi connectivity index (χ1) is 14.6. The Labute approximate surface area is 192 Å². The second-order valence-electron chi connectivity index (χ2n) is 10.9. The Morgan fingerprint density at radius 2 is 1.48 bits per heavy atom. The molecule has 0 N–H and O–H groups in total. The maximum absolute atomic E-state index is 3.34. The number of rotatable bonds is 5. The Morgan fingerprint density at radius 1 is 0.871 bits per heavy atom. The Bertz CT molecular complexity index is 1210. The first kappa shape index (κ1) is 22.9. The molecule has 2 atom stereocenters. The van der Waals surface area contributed by atoms with Gasteiger partial charge in [0.2, 0.25) is 0 Å². The van der Waals surface area contributed by atoms with E-state index >= 15 is 0 Å². The molecule has 0 saturated heterocycles. The SMILES string of the molecule is CCCc1ccccc1C1=C[CH]([Zr]([CH3])([CH3])(=[SiH2])[C]2=C(C)C(C)=C(C)C2C)c2ccccc21. The number of fused-ring (bicyclic) bond motifs is 1. The van der Waals surface area contributed by atoms with Crippen molar-refractivity contribution in [2.45, 2.75) is 60.3 Å². The van der Waals surface area contributed by atoms with E-state index in [1.165, 1.54) is 28.7 Å². The van der Waals surface area contributed by atoms with Gasteiger partial charge < -0.3 is 0 Å². The van der Waals surface area contributed by atoms with Crippen LogP contribution in [0.4, 0.5) is 0 Å². The zero-order valence-electron chi connectivity index (χ0n) is 20.5. The number of allylic oxidation sites excluding steroid dienone is 5. The molecule has 162 valence electrons. The summed E-state index contributed by atoms with van der Waals surface area (Å²) in [5, 5.41) is 0. The van der Waals surface area contributed by atoms with Gasteiger partial charge in [0.1, 0.15) is 0 Å². The maximum atomic E-state index is 2.71. The van der Waals surface area contributed by atoms with E-state index in [1.54, 1.807) is 22.3 Å². The van der Waals surface area contributed by atoms with E-state index in [9.17, 15) is 0 Å². The third-order valence-corrected chi connectivity index (χ3v) is 25.5. The molecule has 0 aliphatic heterocycles. The molecule has 0 saturated carbocycles. The quantitative estimate of drug-likeness (QED) is 0.365. The summed E-state index contributed by atoms with van der Waals surface area (Å²) >= 11 is -3.34. The van der Waals surface area contributed by atoms with Crippen molar-refractivity contribution in [3.8, 4) is 0 Å². The van der Waals surface area contributed by atoms with E-state index in [1.807, 2.05) is 3.28 Å². The number of hydrogen-bond acceptors (Lipinski definition) is 0. The zero-order chi connectivity index (χ0) is 22.6. The Hall–Kier alpha value is -1.24. The summed E-state index contributed by atoms with van der Waals surface area (Å²) in [7, 11) is 0. The van der Waals surface area contributed by atoms with Gasteiger partial charge in [-0.25, -0.2) is 0 Å². The summed E-state index contributed by atoms with van der Waals surface area (Å²) in [6, 6.07) is 18.4. The fourth-order valence-electron chi connectivity index (χ4n) is 6.49. The van der Waals surface area contributed by atoms with Crippen molar-refractivity contribution in [2.75, 3.05) is 0 Å². The van der Waals surface area contributed by atoms with Gasteiger partial charge in [0, 0.05) is 0 Å². The molecule has 2 heteroatoms. The van der Waals surface area contributed by atoms with Crippen molar-refractivity contribution in [2.24, 2.45) is 5.92 Å². The van der Waals surface area contributed by atoms with Crippen LogP contribution in [0.25, 0.3) is 5.57 Å². The Morgan fingerprint density at radius 3 is 2.10 bits per heavy atom. The van der Waals surface area contributed by atoms with Gasteiger partial charge in [0.15, 0.2) is 0 Å². The fraction of sp³-hybridized carbons (Fsp3) is 0.379. The average Bonchev–Trinajstić information content (AvgIpc) is 3.22. The second-order valence-corrected chi connectivity index (χ2v) is 40.5. The minimum atomic E-state index is -3.34. The predicted molar refractivity (Wildman–Crippen MR) is 137 cm³/mol. The van der Waals surface area contributed by atoms with Crippen LogP contribution in [0, 0.1) is 5.92 Å². The molecule has 4 rings (SSSR count). The van der Waals surface area contributed by atoms with Gasteiger partial charge in [-0.2, -0.15) is 0 Å². The van der Waals surface area contributed by atoms with Crippen molar-refractivity contribution in [1.82, 2.24) is 0 Å². The van der Waals surface area contributed by atoms with Gasteiger partial charge in [-0.3, -0.25) is 0 Å². The number of aryl methyl sites for hydroxylation is 1. The molecule has 0 aromatic heterocycles. The molecule has 2 aliphatic carbocycles. The zero-order valence-corrected chi connectivity index (χ0v) is 24.3.